The Morgan fingerprint density at radius 2 is 1.83 bits per heavy atom. The van der Waals surface area contributed by atoms with E-state index in [4.69, 9.17) is 11.6 Å². The number of benzene rings is 2. The fraction of sp³-hybridized carbons (Fsp3) is 0.409. The van der Waals surface area contributed by atoms with E-state index >= 15 is 0 Å². The summed E-state index contributed by atoms with van der Waals surface area (Å²) < 4.78 is 38.9. The molecule has 2 aromatic carbocycles. The van der Waals surface area contributed by atoms with Crippen molar-refractivity contribution < 1.29 is 18.0 Å². The molecule has 1 aliphatic heterocycles. The second kappa shape index (κ2) is 9.92. The predicted molar refractivity (Wildman–Crippen MR) is 117 cm³/mol. The van der Waals surface area contributed by atoms with E-state index in [0.29, 0.717) is 12.0 Å². The van der Waals surface area contributed by atoms with Gasteiger partial charge in [0, 0.05) is 24.8 Å². The highest BCUT2D eigenvalue weighted by Crippen LogP contribution is 2.36. The Kier molecular flexibility index (Phi) is 8.06. The molecule has 8 heteroatoms. The number of hydrogen-bond acceptors (Lipinski definition) is 2. The van der Waals surface area contributed by atoms with Crippen molar-refractivity contribution in [1.29, 1.82) is 0 Å². The van der Waals surface area contributed by atoms with E-state index in [2.05, 4.69) is 24.1 Å². The first-order valence-corrected chi connectivity index (χ1v) is 10.1. The van der Waals surface area contributed by atoms with Gasteiger partial charge in [-0.05, 0) is 55.5 Å². The monoisotopic (exact) mass is 460 g/mol. The van der Waals surface area contributed by atoms with Crippen LogP contribution in [0.1, 0.15) is 48.2 Å². The van der Waals surface area contributed by atoms with Crippen LogP contribution in [0.25, 0.3) is 0 Å². The van der Waals surface area contributed by atoms with E-state index < -0.39 is 22.7 Å². The maximum atomic E-state index is 13.0. The minimum atomic E-state index is -4.60. The minimum absolute atomic E-state index is 0. The number of hydrogen-bond donors (Lipinski definition) is 1. The molecule has 2 atom stereocenters. The van der Waals surface area contributed by atoms with E-state index in [9.17, 15) is 18.0 Å². The van der Waals surface area contributed by atoms with Crippen LogP contribution in [0.15, 0.2) is 42.5 Å². The van der Waals surface area contributed by atoms with Crippen LogP contribution in [0, 0.1) is 5.92 Å². The van der Waals surface area contributed by atoms with E-state index in [1.54, 1.807) is 0 Å². The molecular formula is C22H25Cl2F3N2O. The molecule has 3 rings (SSSR count). The Hall–Kier alpha value is -1.92. The summed E-state index contributed by atoms with van der Waals surface area (Å²) in [6, 6.07) is 11.7. The van der Waals surface area contributed by atoms with Crippen LogP contribution < -0.4 is 10.2 Å². The number of alkyl halides is 3. The molecule has 2 unspecified atom stereocenters. The Labute approximate surface area is 186 Å². The van der Waals surface area contributed by atoms with Crippen LogP contribution in [0.3, 0.4) is 0 Å². The second-order valence-corrected chi connectivity index (χ2v) is 7.95. The second-order valence-electron chi connectivity index (χ2n) is 7.57. The van der Waals surface area contributed by atoms with Gasteiger partial charge in [0.1, 0.15) is 0 Å². The van der Waals surface area contributed by atoms with E-state index in [1.165, 1.54) is 25.0 Å². The summed E-state index contributed by atoms with van der Waals surface area (Å²) in [7, 11) is 0. The maximum absolute atomic E-state index is 13.0. The Morgan fingerprint density at radius 3 is 2.47 bits per heavy atom. The van der Waals surface area contributed by atoms with E-state index in [0.717, 1.165) is 23.9 Å². The summed E-state index contributed by atoms with van der Waals surface area (Å²) in [6.07, 6.45) is -2.20. The SMILES string of the molecule is CC1CCCN(c2ccc(CNC(=O)c3cccc(C(F)(F)F)c3Cl)cc2)C1C.Cl. The number of carbonyl (C=O) groups is 1. The van der Waals surface area contributed by atoms with Crippen LogP contribution in [-0.4, -0.2) is 18.5 Å². The van der Waals surface area contributed by atoms with Gasteiger partial charge in [0.15, 0.2) is 0 Å². The molecule has 1 heterocycles. The van der Waals surface area contributed by atoms with Crippen LogP contribution >= 0.6 is 24.0 Å². The molecule has 0 radical (unpaired) electrons. The molecule has 0 aliphatic carbocycles. The number of nitrogens with one attached hydrogen (secondary N) is 1. The molecule has 164 valence electrons. The Bertz CT molecular complexity index is 872. The third-order valence-electron chi connectivity index (χ3n) is 5.64. The average Bonchev–Trinajstić information content (AvgIpc) is 2.68. The van der Waals surface area contributed by atoms with Crippen molar-refractivity contribution in [3.8, 4) is 0 Å². The van der Waals surface area contributed by atoms with Gasteiger partial charge in [-0.25, -0.2) is 0 Å². The zero-order valence-corrected chi connectivity index (χ0v) is 18.4. The molecule has 0 saturated carbocycles. The number of carbonyl (C=O) groups excluding carboxylic acids is 1. The van der Waals surface area contributed by atoms with Gasteiger partial charge in [0.05, 0.1) is 16.1 Å². The summed E-state index contributed by atoms with van der Waals surface area (Å²) >= 11 is 5.82. The molecule has 3 nitrogen and oxygen atoms in total. The lowest BCUT2D eigenvalue weighted by molar-refractivity contribution is -0.137. The number of amides is 1. The summed E-state index contributed by atoms with van der Waals surface area (Å²) in [5.41, 5.74) is 0.804. The molecule has 0 spiro atoms. The van der Waals surface area contributed by atoms with Gasteiger partial charge in [0.25, 0.3) is 5.91 Å². The zero-order chi connectivity index (χ0) is 21.2. The highest BCUT2D eigenvalue weighted by molar-refractivity contribution is 6.34. The smallest absolute Gasteiger partial charge is 0.369 e. The van der Waals surface area contributed by atoms with Crippen molar-refractivity contribution in [3.05, 3.63) is 64.2 Å². The summed E-state index contributed by atoms with van der Waals surface area (Å²) in [5.74, 6) is 0.00331. The van der Waals surface area contributed by atoms with Crippen molar-refractivity contribution in [3.63, 3.8) is 0 Å². The number of rotatable bonds is 4. The standard InChI is InChI=1S/C22H24ClF3N2O.ClH/c1-14-5-4-12-28(15(14)2)17-10-8-16(9-11-17)13-27-21(29)18-6-3-7-19(20(18)23)22(24,25)26;/h3,6-11,14-15H,4-5,12-13H2,1-2H3,(H,27,29);1H. The van der Waals surface area contributed by atoms with E-state index in [1.807, 2.05) is 24.3 Å². The Balaban J connectivity index is 0.00000320. The van der Waals surface area contributed by atoms with Crippen molar-refractivity contribution in [2.45, 2.75) is 45.5 Å². The highest BCUT2D eigenvalue weighted by atomic mass is 35.5. The molecule has 0 bridgehead atoms. The van der Waals surface area contributed by atoms with Crippen LogP contribution in [0.5, 0.6) is 0 Å². The lowest BCUT2D eigenvalue weighted by atomic mass is 9.91. The van der Waals surface area contributed by atoms with Gasteiger partial charge in [0.2, 0.25) is 0 Å². The molecule has 1 saturated heterocycles. The van der Waals surface area contributed by atoms with Gasteiger partial charge < -0.3 is 10.2 Å². The number of piperidine rings is 1. The first-order valence-electron chi connectivity index (χ1n) is 9.68. The molecule has 0 aromatic heterocycles. The quantitative estimate of drug-likeness (QED) is 0.577. The molecule has 30 heavy (non-hydrogen) atoms. The van der Waals surface area contributed by atoms with E-state index in [-0.39, 0.29) is 24.5 Å². The third-order valence-corrected chi connectivity index (χ3v) is 6.05. The molecule has 1 fully saturated rings. The Morgan fingerprint density at radius 1 is 1.17 bits per heavy atom. The van der Waals surface area contributed by atoms with Gasteiger partial charge in [-0.1, -0.05) is 36.7 Å². The molecule has 1 aliphatic rings. The average molecular weight is 461 g/mol. The van der Waals surface area contributed by atoms with Gasteiger partial charge in [-0.15, -0.1) is 12.4 Å². The van der Waals surface area contributed by atoms with Crippen molar-refractivity contribution >= 4 is 35.6 Å². The molecule has 2 aromatic rings. The number of nitrogens with zero attached hydrogens (tertiary/aromatic N) is 1. The number of halogens is 5. The van der Waals surface area contributed by atoms with Crippen molar-refractivity contribution in [2.75, 3.05) is 11.4 Å². The first kappa shape index (κ1) is 24.4. The molecule has 1 N–H and O–H groups in total. The third kappa shape index (κ3) is 5.41. The molecular weight excluding hydrogens is 436 g/mol. The fourth-order valence-electron chi connectivity index (χ4n) is 3.71. The van der Waals surface area contributed by atoms with Gasteiger partial charge in [-0.3, -0.25) is 4.79 Å². The highest BCUT2D eigenvalue weighted by Gasteiger charge is 2.34. The maximum Gasteiger partial charge on any atom is 0.417 e. The molecule has 1 amide bonds. The fourth-order valence-corrected chi connectivity index (χ4v) is 4.03. The van der Waals surface area contributed by atoms with Crippen LogP contribution in [0.2, 0.25) is 5.02 Å². The number of anilines is 1. The van der Waals surface area contributed by atoms with Crippen molar-refractivity contribution in [2.24, 2.45) is 5.92 Å². The minimum Gasteiger partial charge on any atom is -0.369 e. The largest absolute Gasteiger partial charge is 0.417 e. The summed E-state index contributed by atoms with van der Waals surface area (Å²) in [6.45, 7) is 5.73. The first-order chi connectivity index (χ1) is 13.7. The van der Waals surface area contributed by atoms with Gasteiger partial charge >= 0.3 is 6.18 Å². The summed E-state index contributed by atoms with van der Waals surface area (Å²) in [4.78, 5) is 14.7. The lowest BCUT2D eigenvalue weighted by Crippen LogP contribution is -2.42. The van der Waals surface area contributed by atoms with Crippen LogP contribution in [-0.2, 0) is 12.7 Å². The lowest BCUT2D eigenvalue weighted by Gasteiger charge is -2.39. The van der Waals surface area contributed by atoms with Gasteiger partial charge in [-0.2, -0.15) is 13.2 Å². The topological polar surface area (TPSA) is 32.3 Å². The normalized spacial score (nSPS) is 19.2. The van der Waals surface area contributed by atoms with Crippen LogP contribution in [0.4, 0.5) is 18.9 Å². The van der Waals surface area contributed by atoms with Crippen molar-refractivity contribution in [1.82, 2.24) is 5.32 Å². The zero-order valence-electron chi connectivity index (χ0n) is 16.8. The predicted octanol–water partition coefficient (Wildman–Crippen LogP) is 6.34. The summed E-state index contributed by atoms with van der Waals surface area (Å²) in [5, 5.41) is 2.06.